The summed E-state index contributed by atoms with van der Waals surface area (Å²) in [6.07, 6.45) is 6.85. The average Bonchev–Trinajstić information content (AvgIpc) is 2.89. The summed E-state index contributed by atoms with van der Waals surface area (Å²) in [5.41, 5.74) is 5.32. The van der Waals surface area contributed by atoms with E-state index in [9.17, 15) is 0 Å². The maximum atomic E-state index is 4.61. The minimum absolute atomic E-state index is 0.500. The second-order valence-corrected chi connectivity index (χ2v) is 5.88. The maximum Gasteiger partial charge on any atom is 0.0997 e. The van der Waals surface area contributed by atoms with Crippen LogP contribution in [0, 0.1) is 0 Å². The Morgan fingerprint density at radius 3 is 2.85 bits per heavy atom. The number of hydrogen-bond donors (Lipinski definition) is 1. The van der Waals surface area contributed by atoms with Crippen molar-refractivity contribution in [2.45, 2.75) is 52.1 Å². The van der Waals surface area contributed by atoms with Crippen LogP contribution in [0.3, 0.4) is 0 Å². The number of hydrogen-bond acceptors (Lipinski definition) is 2. The van der Waals surface area contributed by atoms with Crippen LogP contribution in [0.15, 0.2) is 30.6 Å². The number of benzene rings is 1. The molecule has 3 nitrogen and oxygen atoms in total. The number of nitrogens with one attached hydrogen (secondary N) is 1. The number of para-hydroxylation sites is 1. The third-order valence-electron chi connectivity index (χ3n) is 3.98. The summed E-state index contributed by atoms with van der Waals surface area (Å²) in [5.74, 6) is 0. The summed E-state index contributed by atoms with van der Waals surface area (Å²) in [6, 6.07) is 9.14. The van der Waals surface area contributed by atoms with Gasteiger partial charge in [0.25, 0.3) is 0 Å². The van der Waals surface area contributed by atoms with Crippen molar-refractivity contribution in [2.75, 3.05) is 0 Å². The van der Waals surface area contributed by atoms with E-state index in [4.69, 9.17) is 0 Å². The van der Waals surface area contributed by atoms with Crippen LogP contribution >= 0.6 is 0 Å². The van der Waals surface area contributed by atoms with Gasteiger partial charge in [-0.3, -0.25) is 0 Å². The van der Waals surface area contributed by atoms with Gasteiger partial charge in [-0.2, -0.15) is 0 Å². The minimum atomic E-state index is 0.500. The first-order chi connectivity index (χ1) is 9.75. The highest BCUT2D eigenvalue weighted by Crippen LogP contribution is 2.24. The lowest BCUT2D eigenvalue weighted by Gasteiger charge is -2.17. The second-order valence-electron chi connectivity index (χ2n) is 5.88. The monoisotopic (exact) mass is 269 g/mol. The highest BCUT2D eigenvalue weighted by Gasteiger charge is 2.17. The van der Waals surface area contributed by atoms with E-state index in [-0.39, 0.29) is 0 Å². The normalized spacial score (nSPS) is 14.6. The van der Waals surface area contributed by atoms with Crippen LogP contribution in [0.5, 0.6) is 0 Å². The van der Waals surface area contributed by atoms with E-state index in [1.807, 2.05) is 6.33 Å². The van der Waals surface area contributed by atoms with Gasteiger partial charge < -0.3 is 9.88 Å². The lowest BCUT2D eigenvalue weighted by molar-refractivity contribution is 0.586. The number of aryl methyl sites for hydroxylation is 1. The first kappa shape index (κ1) is 13.4. The summed E-state index contributed by atoms with van der Waals surface area (Å²) in [6.45, 7) is 5.27. The summed E-state index contributed by atoms with van der Waals surface area (Å²) < 4.78 is 2.30. The molecule has 1 heterocycles. The minimum Gasteiger partial charge on any atom is -0.310 e. The molecule has 2 aromatic rings. The zero-order valence-corrected chi connectivity index (χ0v) is 12.4. The van der Waals surface area contributed by atoms with Crippen LogP contribution in [0.4, 0.5) is 0 Å². The average molecular weight is 269 g/mol. The molecule has 1 N–H and O–H groups in total. The molecular weight excluding hydrogens is 246 g/mol. The number of imidazole rings is 1. The van der Waals surface area contributed by atoms with Crippen LogP contribution in [-0.4, -0.2) is 15.6 Å². The number of nitrogens with zero attached hydrogens (tertiary/aromatic N) is 2. The van der Waals surface area contributed by atoms with E-state index in [1.54, 1.807) is 0 Å². The van der Waals surface area contributed by atoms with Crippen molar-refractivity contribution in [2.24, 2.45) is 0 Å². The van der Waals surface area contributed by atoms with E-state index in [2.05, 4.69) is 53.0 Å². The lowest BCUT2D eigenvalue weighted by Crippen LogP contribution is -2.22. The van der Waals surface area contributed by atoms with Gasteiger partial charge in [-0.05, 0) is 37.3 Å². The van der Waals surface area contributed by atoms with Crippen molar-refractivity contribution >= 4 is 0 Å². The molecule has 0 bridgehead atoms. The van der Waals surface area contributed by atoms with Crippen LogP contribution in [0.1, 0.15) is 43.6 Å². The third-order valence-corrected chi connectivity index (χ3v) is 3.98. The fourth-order valence-electron chi connectivity index (χ4n) is 2.89. The van der Waals surface area contributed by atoms with Gasteiger partial charge in [0.15, 0.2) is 0 Å². The summed E-state index contributed by atoms with van der Waals surface area (Å²) in [5, 5.41) is 3.51. The quantitative estimate of drug-likeness (QED) is 0.923. The molecule has 1 aromatic heterocycles. The topological polar surface area (TPSA) is 29.9 Å². The Labute approximate surface area is 121 Å². The smallest absolute Gasteiger partial charge is 0.0997 e. The van der Waals surface area contributed by atoms with Gasteiger partial charge in [-0.15, -0.1) is 0 Å². The molecule has 1 aromatic carbocycles. The maximum absolute atomic E-state index is 4.61. The van der Waals surface area contributed by atoms with Gasteiger partial charge in [-0.25, -0.2) is 4.98 Å². The van der Waals surface area contributed by atoms with Crippen molar-refractivity contribution in [1.82, 2.24) is 14.9 Å². The van der Waals surface area contributed by atoms with Crippen molar-refractivity contribution in [1.29, 1.82) is 0 Å². The SMILES string of the molecule is CC(C)NCc1ccccc1-n1cnc2c1CCCC2. The zero-order chi connectivity index (χ0) is 13.9. The highest BCUT2D eigenvalue weighted by atomic mass is 15.1. The van der Waals surface area contributed by atoms with Crippen molar-refractivity contribution in [3.63, 3.8) is 0 Å². The molecule has 0 unspecified atom stereocenters. The van der Waals surface area contributed by atoms with Crippen LogP contribution < -0.4 is 5.32 Å². The summed E-state index contributed by atoms with van der Waals surface area (Å²) in [4.78, 5) is 4.61. The largest absolute Gasteiger partial charge is 0.310 e. The molecule has 0 saturated heterocycles. The zero-order valence-electron chi connectivity index (χ0n) is 12.4. The predicted octanol–water partition coefficient (Wildman–Crippen LogP) is 3.25. The molecule has 1 aliphatic carbocycles. The predicted molar refractivity (Wildman–Crippen MR) is 82.2 cm³/mol. The molecule has 0 fully saturated rings. The van der Waals surface area contributed by atoms with Gasteiger partial charge >= 0.3 is 0 Å². The van der Waals surface area contributed by atoms with Crippen molar-refractivity contribution in [3.05, 3.63) is 47.5 Å². The molecule has 106 valence electrons. The van der Waals surface area contributed by atoms with Gasteiger partial charge in [-0.1, -0.05) is 32.0 Å². The third kappa shape index (κ3) is 2.63. The second kappa shape index (κ2) is 5.80. The molecule has 20 heavy (non-hydrogen) atoms. The molecule has 0 saturated carbocycles. The summed E-state index contributed by atoms with van der Waals surface area (Å²) in [7, 11) is 0. The Morgan fingerprint density at radius 1 is 1.20 bits per heavy atom. The lowest BCUT2D eigenvalue weighted by atomic mass is 10.0. The van der Waals surface area contributed by atoms with E-state index in [0.29, 0.717) is 6.04 Å². The Balaban J connectivity index is 1.95. The van der Waals surface area contributed by atoms with E-state index in [0.717, 1.165) is 19.4 Å². The molecule has 0 amide bonds. The standard InChI is InChI=1S/C17H23N3/c1-13(2)18-11-14-7-3-5-9-16(14)20-12-19-15-8-4-6-10-17(15)20/h3,5,7,9,12-13,18H,4,6,8,10-11H2,1-2H3. The van der Waals surface area contributed by atoms with Crippen molar-refractivity contribution < 1.29 is 0 Å². The highest BCUT2D eigenvalue weighted by molar-refractivity contribution is 5.43. The fraction of sp³-hybridized carbons (Fsp3) is 0.471. The Bertz CT molecular complexity index is 584. The Kier molecular flexibility index (Phi) is 3.88. The first-order valence-corrected chi connectivity index (χ1v) is 7.62. The van der Waals surface area contributed by atoms with Gasteiger partial charge in [0, 0.05) is 18.3 Å². The van der Waals surface area contributed by atoms with Crippen molar-refractivity contribution in [3.8, 4) is 5.69 Å². The molecule has 0 spiro atoms. The first-order valence-electron chi connectivity index (χ1n) is 7.62. The van der Waals surface area contributed by atoms with Gasteiger partial charge in [0.05, 0.1) is 17.7 Å². The van der Waals surface area contributed by atoms with Crippen LogP contribution in [0.2, 0.25) is 0 Å². The molecule has 1 aliphatic rings. The molecular formula is C17H23N3. The molecule has 3 rings (SSSR count). The van der Waals surface area contributed by atoms with Crippen LogP contribution in [0.25, 0.3) is 5.69 Å². The van der Waals surface area contributed by atoms with E-state index >= 15 is 0 Å². The number of aromatic nitrogens is 2. The molecule has 0 atom stereocenters. The van der Waals surface area contributed by atoms with Gasteiger partial charge in [0.1, 0.15) is 0 Å². The Morgan fingerprint density at radius 2 is 2.00 bits per heavy atom. The summed E-state index contributed by atoms with van der Waals surface area (Å²) >= 11 is 0. The number of rotatable bonds is 4. The fourth-order valence-corrected chi connectivity index (χ4v) is 2.89. The Hall–Kier alpha value is -1.61. The number of fused-ring (bicyclic) bond motifs is 1. The van der Waals surface area contributed by atoms with Crippen LogP contribution in [-0.2, 0) is 19.4 Å². The molecule has 0 radical (unpaired) electrons. The van der Waals surface area contributed by atoms with Gasteiger partial charge in [0.2, 0.25) is 0 Å². The van der Waals surface area contributed by atoms with E-state index in [1.165, 1.54) is 35.5 Å². The molecule has 3 heteroatoms. The molecule has 0 aliphatic heterocycles. The van der Waals surface area contributed by atoms with E-state index < -0.39 is 0 Å².